The molecule has 0 N–H and O–H groups in total. The molecule has 1 heterocycles. The van der Waals surface area contributed by atoms with Crippen molar-refractivity contribution in [1.82, 2.24) is 4.90 Å². The lowest BCUT2D eigenvalue weighted by atomic mass is 9.98. The van der Waals surface area contributed by atoms with E-state index >= 15 is 0 Å². The topological polar surface area (TPSA) is 21.7 Å². The van der Waals surface area contributed by atoms with Crippen molar-refractivity contribution in [2.45, 2.75) is 238 Å². The van der Waals surface area contributed by atoms with Crippen molar-refractivity contribution in [1.29, 1.82) is 0 Å². The Kier molecular flexibility index (Phi) is 30.0. The van der Waals surface area contributed by atoms with E-state index in [1.807, 2.05) is 0 Å². The monoisotopic (exact) mass is 634 g/mol. The van der Waals surface area contributed by atoms with E-state index in [1.54, 1.807) is 0 Å². The van der Waals surface area contributed by atoms with Gasteiger partial charge >= 0.3 is 0 Å². The van der Waals surface area contributed by atoms with Gasteiger partial charge in [-0.25, -0.2) is 0 Å². The van der Waals surface area contributed by atoms with Gasteiger partial charge in [0.1, 0.15) is 12.4 Å². The van der Waals surface area contributed by atoms with Crippen molar-refractivity contribution in [3.63, 3.8) is 0 Å². The highest BCUT2D eigenvalue weighted by atomic mass is 16.7. The summed E-state index contributed by atoms with van der Waals surface area (Å²) >= 11 is 0. The van der Waals surface area contributed by atoms with Crippen LogP contribution in [0.4, 0.5) is 0 Å². The fraction of sp³-hybridized carbons (Fsp3) is 0.952. The molecule has 0 aromatic heterocycles. The van der Waals surface area contributed by atoms with Crippen LogP contribution in [0.25, 0.3) is 0 Å². The fourth-order valence-corrected chi connectivity index (χ4v) is 7.11. The van der Waals surface area contributed by atoms with E-state index in [0.29, 0.717) is 6.61 Å². The Labute approximate surface area is 284 Å². The zero-order valence-electron chi connectivity index (χ0n) is 31.6. The first-order valence-electron chi connectivity index (χ1n) is 20.8. The van der Waals surface area contributed by atoms with E-state index in [9.17, 15) is 0 Å². The molecule has 1 aliphatic heterocycles. The molecule has 0 aromatic rings. The van der Waals surface area contributed by atoms with Crippen LogP contribution in [-0.4, -0.2) is 31.4 Å². The summed E-state index contributed by atoms with van der Waals surface area (Å²) in [5.74, 6) is 0.640. The van der Waals surface area contributed by atoms with E-state index in [4.69, 9.17) is 9.47 Å². The normalized spacial score (nSPS) is 15.2. The molecule has 3 heteroatoms. The number of rotatable bonds is 35. The van der Waals surface area contributed by atoms with E-state index in [-0.39, 0.29) is 5.79 Å². The second kappa shape index (κ2) is 31.9. The third-order valence-electron chi connectivity index (χ3n) is 10.0. The van der Waals surface area contributed by atoms with Crippen LogP contribution in [0.1, 0.15) is 232 Å². The summed E-state index contributed by atoms with van der Waals surface area (Å²) in [4.78, 5) is 2.08. The third kappa shape index (κ3) is 27.0. The summed E-state index contributed by atoms with van der Waals surface area (Å²) in [7, 11) is 4.14. The van der Waals surface area contributed by atoms with Gasteiger partial charge in [0.2, 0.25) is 5.79 Å². The van der Waals surface area contributed by atoms with Gasteiger partial charge in [0.15, 0.2) is 0 Å². The highest BCUT2D eigenvalue weighted by molar-refractivity contribution is 4.99. The zero-order chi connectivity index (χ0) is 32.5. The molecular weight excluding hydrogens is 550 g/mol. The molecule has 0 amide bonds. The van der Waals surface area contributed by atoms with Crippen LogP contribution < -0.4 is 0 Å². The van der Waals surface area contributed by atoms with Gasteiger partial charge in [0.25, 0.3) is 0 Å². The highest BCUT2D eigenvalue weighted by Crippen LogP contribution is 2.36. The van der Waals surface area contributed by atoms with Crippen molar-refractivity contribution in [3.8, 4) is 0 Å². The van der Waals surface area contributed by atoms with Crippen LogP contribution >= 0.6 is 0 Å². The van der Waals surface area contributed by atoms with Crippen LogP contribution in [0.2, 0.25) is 0 Å². The molecule has 0 atom stereocenters. The Morgan fingerprint density at radius 1 is 0.444 bits per heavy atom. The fourth-order valence-electron chi connectivity index (χ4n) is 7.11. The Morgan fingerprint density at radius 2 is 0.711 bits per heavy atom. The average Bonchev–Trinajstić information content (AvgIpc) is 3.42. The molecule has 0 spiro atoms. The molecule has 0 unspecified atom stereocenters. The molecule has 1 fully saturated rings. The van der Waals surface area contributed by atoms with Gasteiger partial charge in [-0.05, 0) is 12.8 Å². The molecular formula is C42H83NO2. The summed E-state index contributed by atoms with van der Waals surface area (Å²) in [6, 6.07) is 0. The Hall–Kier alpha value is -0.700. The van der Waals surface area contributed by atoms with Crippen molar-refractivity contribution < 1.29 is 9.47 Å². The molecule has 0 aromatic carbocycles. The van der Waals surface area contributed by atoms with Gasteiger partial charge in [-0.15, -0.1) is 0 Å². The maximum atomic E-state index is 6.51. The van der Waals surface area contributed by atoms with Crippen molar-refractivity contribution in [3.05, 3.63) is 12.0 Å². The number of nitrogens with zero attached hydrogens (tertiary/aromatic N) is 1. The first-order chi connectivity index (χ1) is 22.1. The number of unbranched alkanes of at least 4 members (excludes halogenated alkanes) is 30. The van der Waals surface area contributed by atoms with E-state index in [2.05, 4.69) is 39.0 Å². The number of hydrogen-bond acceptors (Lipinski definition) is 3. The molecule has 0 radical (unpaired) electrons. The first kappa shape index (κ1) is 42.3. The molecule has 45 heavy (non-hydrogen) atoms. The maximum absolute atomic E-state index is 6.51. The van der Waals surface area contributed by atoms with Crippen molar-refractivity contribution in [2.24, 2.45) is 0 Å². The van der Waals surface area contributed by atoms with Crippen LogP contribution in [0.5, 0.6) is 0 Å². The molecule has 1 saturated heterocycles. The van der Waals surface area contributed by atoms with Crippen LogP contribution in [-0.2, 0) is 9.47 Å². The minimum atomic E-state index is -0.367. The smallest absolute Gasteiger partial charge is 0.210 e. The summed E-state index contributed by atoms with van der Waals surface area (Å²) in [6.45, 7) is 5.24. The summed E-state index contributed by atoms with van der Waals surface area (Å²) in [6.07, 6.45) is 49.4. The van der Waals surface area contributed by atoms with Crippen molar-refractivity contribution >= 4 is 0 Å². The van der Waals surface area contributed by atoms with Crippen molar-refractivity contribution in [2.75, 3.05) is 20.7 Å². The largest absolute Gasteiger partial charge is 0.463 e. The van der Waals surface area contributed by atoms with Gasteiger partial charge in [0, 0.05) is 33.1 Å². The SMILES string of the molecule is CCCCCCCCCCCCCCCCCCC1(CCCCCCCCCCCCCCCCCC)OC/C(=C\N(C)C)O1. The first-order valence-corrected chi connectivity index (χ1v) is 20.8. The lowest BCUT2D eigenvalue weighted by molar-refractivity contribution is -0.160. The molecule has 3 nitrogen and oxygen atoms in total. The summed E-state index contributed by atoms with van der Waals surface area (Å²) in [5.41, 5.74) is 0. The van der Waals surface area contributed by atoms with Crippen LogP contribution in [0.3, 0.4) is 0 Å². The van der Waals surface area contributed by atoms with E-state index < -0.39 is 0 Å². The van der Waals surface area contributed by atoms with Gasteiger partial charge in [-0.1, -0.05) is 206 Å². The predicted octanol–water partition coefficient (Wildman–Crippen LogP) is 14.4. The molecule has 0 bridgehead atoms. The van der Waals surface area contributed by atoms with Gasteiger partial charge in [-0.3, -0.25) is 0 Å². The van der Waals surface area contributed by atoms with Gasteiger partial charge < -0.3 is 14.4 Å². The number of ether oxygens (including phenoxy) is 2. The molecule has 1 rings (SSSR count). The standard InChI is InChI=1S/C42H83NO2/c1-5-7-9-11-13-15-17-19-21-23-25-27-29-31-33-35-37-42(44-40-41(45-42)39-43(3)4)38-36-34-32-30-28-26-24-22-20-18-16-14-12-10-8-6-2/h39H,5-38,40H2,1-4H3/b41-39+. The van der Waals surface area contributed by atoms with E-state index in [1.165, 1.54) is 205 Å². The molecule has 268 valence electrons. The van der Waals surface area contributed by atoms with E-state index in [0.717, 1.165) is 18.6 Å². The second-order valence-corrected chi connectivity index (χ2v) is 15.0. The van der Waals surface area contributed by atoms with Crippen LogP contribution in [0.15, 0.2) is 12.0 Å². The quantitative estimate of drug-likeness (QED) is 0.0648. The predicted molar refractivity (Wildman–Crippen MR) is 200 cm³/mol. The zero-order valence-corrected chi connectivity index (χ0v) is 31.6. The second-order valence-electron chi connectivity index (χ2n) is 15.0. The average molecular weight is 634 g/mol. The molecule has 0 saturated carbocycles. The molecule has 1 aliphatic rings. The van der Waals surface area contributed by atoms with Gasteiger partial charge in [0.05, 0.1) is 0 Å². The summed E-state index contributed by atoms with van der Waals surface area (Å²) < 4.78 is 12.9. The highest BCUT2D eigenvalue weighted by Gasteiger charge is 2.38. The Balaban J connectivity index is 2.06. The minimum absolute atomic E-state index is 0.367. The Bertz CT molecular complexity index is 594. The lowest BCUT2D eigenvalue weighted by Crippen LogP contribution is -2.30. The maximum Gasteiger partial charge on any atom is 0.210 e. The molecule has 0 aliphatic carbocycles. The summed E-state index contributed by atoms with van der Waals surface area (Å²) in [5, 5.41) is 0. The van der Waals surface area contributed by atoms with Gasteiger partial charge in [-0.2, -0.15) is 0 Å². The van der Waals surface area contributed by atoms with Crippen LogP contribution in [0, 0.1) is 0 Å². The Morgan fingerprint density at radius 3 is 0.978 bits per heavy atom. The third-order valence-corrected chi connectivity index (χ3v) is 10.0. The lowest BCUT2D eigenvalue weighted by Gasteiger charge is -2.28. The minimum Gasteiger partial charge on any atom is -0.463 e. The number of hydrogen-bond donors (Lipinski definition) is 0.